The molecule has 15 heteroatoms. The van der Waals surface area contributed by atoms with Gasteiger partial charge in [0.05, 0.1) is 25.2 Å². The van der Waals surface area contributed by atoms with Crippen molar-refractivity contribution in [3.05, 3.63) is 40.6 Å². The molecule has 0 bridgehead atoms. The Morgan fingerprint density at radius 2 is 1.87 bits per heavy atom. The van der Waals surface area contributed by atoms with Crippen molar-refractivity contribution in [1.82, 2.24) is 20.8 Å². The summed E-state index contributed by atoms with van der Waals surface area (Å²) in [6.45, 7) is 9.65. The molecule has 0 saturated carbocycles. The highest BCUT2D eigenvalue weighted by Gasteiger charge is 2.45. The fourth-order valence-electron chi connectivity index (χ4n) is 4.96. The van der Waals surface area contributed by atoms with Crippen molar-refractivity contribution in [2.45, 2.75) is 90.1 Å². The summed E-state index contributed by atoms with van der Waals surface area (Å²) in [6, 6.07) is 4.62. The van der Waals surface area contributed by atoms with E-state index in [2.05, 4.69) is 20.8 Å². The van der Waals surface area contributed by atoms with Crippen molar-refractivity contribution in [3.63, 3.8) is 0 Å². The molecule has 1 aliphatic heterocycles. The molecule has 3 rings (SSSR count). The first kappa shape index (κ1) is 37.2. The van der Waals surface area contributed by atoms with Crippen LogP contribution in [0.3, 0.4) is 0 Å². The lowest BCUT2D eigenvalue weighted by atomic mass is 9.91. The van der Waals surface area contributed by atoms with Crippen LogP contribution in [0.4, 0.5) is 0 Å². The highest BCUT2D eigenvalue weighted by atomic mass is 16.7. The number of nitrogens with two attached hydrogens (primary N) is 1. The van der Waals surface area contributed by atoms with Gasteiger partial charge in [-0.1, -0.05) is 19.9 Å². The number of benzene rings is 1. The smallest absolute Gasteiger partial charge is 0.242 e. The highest BCUT2D eigenvalue weighted by Crippen LogP contribution is 2.32. The Balaban J connectivity index is 1.56. The largest absolute Gasteiger partial charge is 0.494 e. The fraction of sp³-hybridized carbons (Fsp3) is 0.645. The quantitative estimate of drug-likeness (QED) is 0.0932. The Hall–Kier alpha value is -3.31. The van der Waals surface area contributed by atoms with Gasteiger partial charge in [0.15, 0.2) is 0 Å². The number of nitrogens with one attached hydrogen (secondary N) is 3. The van der Waals surface area contributed by atoms with Crippen LogP contribution in [0.1, 0.15) is 62.4 Å². The number of amides is 2. The number of ether oxygens (including phenoxy) is 3. The second kappa shape index (κ2) is 16.5. The molecule has 2 amide bonds. The number of carbonyl (C=O) groups excluding carboxylic acids is 2. The summed E-state index contributed by atoms with van der Waals surface area (Å²) in [7, 11) is 0. The van der Waals surface area contributed by atoms with Crippen LogP contribution in [0.5, 0.6) is 11.6 Å². The minimum Gasteiger partial charge on any atom is -0.494 e. The number of aliphatic hydroxyl groups excluding tert-OH is 5. The lowest BCUT2D eigenvalue weighted by molar-refractivity contribution is -0.278. The molecule has 1 aromatic carbocycles. The zero-order valence-corrected chi connectivity index (χ0v) is 27.0. The Bertz CT molecular complexity index is 1300. The molecule has 1 saturated heterocycles. The van der Waals surface area contributed by atoms with Crippen LogP contribution in [0.15, 0.2) is 18.2 Å². The van der Waals surface area contributed by atoms with E-state index in [-0.39, 0.29) is 11.8 Å². The van der Waals surface area contributed by atoms with Gasteiger partial charge in [-0.05, 0) is 62.9 Å². The normalized spacial score (nSPS) is 22.5. The molecule has 10 N–H and O–H groups in total. The Morgan fingerprint density at radius 3 is 2.48 bits per heavy atom. The molecular weight excluding hydrogens is 602 g/mol. The third-order valence-corrected chi connectivity index (χ3v) is 7.98. The molecule has 6 atom stereocenters. The Kier molecular flexibility index (Phi) is 13.3. The van der Waals surface area contributed by atoms with Crippen LogP contribution in [-0.4, -0.2) is 117 Å². The van der Waals surface area contributed by atoms with E-state index in [0.29, 0.717) is 38.3 Å². The van der Waals surface area contributed by atoms with Crippen LogP contribution in [0.25, 0.3) is 0 Å². The van der Waals surface area contributed by atoms with Crippen LogP contribution in [0.2, 0.25) is 0 Å². The molecular formula is C31H49N5O10. The lowest BCUT2D eigenvalue weighted by Gasteiger charge is -2.39. The average Bonchev–Trinajstić information content (AvgIpc) is 3.40. The molecule has 0 unspecified atom stereocenters. The molecule has 1 fully saturated rings. The van der Waals surface area contributed by atoms with Gasteiger partial charge in [-0.25, -0.2) is 0 Å². The molecule has 2 aromatic rings. The molecule has 0 spiro atoms. The van der Waals surface area contributed by atoms with Gasteiger partial charge in [0.1, 0.15) is 36.2 Å². The number of rotatable bonds is 17. The van der Waals surface area contributed by atoms with Gasteiger partial charge in [0, 0.05) is 24.2 Å². The van der Waals surface area contributed by atoms with Crippen LogP contribution in [0, 0.1) is 12.3 Å². The molecule has 1 aromatic heterocycles. The second-order valence-electron chi connectivity index (χ2n) is 12.5. The number of carbonyl (C=O) groups is 2. The Morgan fingerprint density at radius 1 is 1.15 bits per heavy atom. The van der Waals surface area contributed by atoms with Gasteiger partial charge in [-0.15, -0.1) is 5.10 Å². The van der Waals surface area contributed by atoms with Crippen LogP contribution < -0.4 is 25.8 Å². The SMILES string of the molecule is Cc1cc(OCCCNCC(C)(C)C(=O)N[C@@H](CO)C(N)=O)ccc1Cc1c(O[C@@H]2O[C@H](CO)[C@@H](O)[C@H](O)[C@H]2O)n[nH]c1C(C)C. The summed E-state index contributed by atoms with van der Waals surface area (Å²) in [4.78, 5) is 23.8. The predicted octanol–water partition coefficient (Wildman–Crippen LogP) is -1.04. The van der Waals surface area contributed by atoms with Crippen molar-refractivity contribution in [3.8, 4) is 11.6 Å². The van der Waals surface area contributed by atoms with E-state index in [9.17, 15) is 35.1 Å². The number of aryl methyl sites for hydroxylation is 1. The number of primary amides is 1. The van der Waals surface area contributed by atoms with Gasteiger partial charge in [0.25, 0.3) is 0 Å². The van der Waals surface area contributed by atoms with Crippen molar-refractivity contribution in [1.29, 1.82) is 0 Å². The number of H-pyrrole nitrogens is 1. The van der Waals surface area contributed by atoms with E-state index < -0.39 is 67.2 Å². The maximum atomic E-state index is 12.5. The van der Waals surface area contributed by atoms with E-state index in [1.54, 1.807) is 13.8 Å². The van der Waals surface area contributed by atoms with Crippen molar-refractivity contribution >= 4 is 11.8 Å². The summed E-state index contributed by atoms with van der Waals surface area (Å²) in [5.41, 5.74) is 7.87. The third-order valence-electron chi connectivity index (χ3n) is 7.98. The van der Waals surface area contributed by atoms with Crippen molar-refractivity contribution in [2.75, 3.05) is 32.9 Å². The third kappa shape index (κ3) is 9.37. The molecule has 0 aliphatic carbocycles. The topological polar surface area (TPSA) is 242 Å². The van der Waals surface area contributed by atoms with E-state index in [1.165, 1.54) is 0 Å². The minimum atomic E-state index is -1.57. The first-order valence-corrected chi connectivity index (χ1v) is 15.4. The lowest BCUT2D eigenvalue weighted by Crippen LogP contribution is -2.60. The summed E-state index contributed by atoms with van der Waals surface area (Å²) in [6.07, 6.45) is -5.97. The first-order chi connectivity index (χ1) is 21.7. The number of aromatic nitrogens is 2. The van der Waals surface area contributed by atoms with Crippen LogP contribution in [-0.2, 0) is 20.7 Å². The van der Waals surface area contributed by atoms with Gasteiger partial charge in [-0.3, -0.25) is 14.7 Å². The van der Waals surface area contributed by atoms with Crippen molar-refractivity contribution in [2.24, 2.45) is 11.1 Å². The number of aliphatic hydroxyl groups is 5. The summed E-state index contributed by atoms with van der Waals surface area (Å²) in [5.74, 6) is -0.252. The summed E-state index contributed by atoms with van der Waals surface area (Å²) < 4.78 is 17.3. The van der Waals surface area contributed by atoms with E-state index in [1.807, 2.05) is 39.0 Å². The number of hydrogen-bond donors (Lipinski definition) is 9. The molecule has 2 heterocycles. The summed E-state index contributed by atoms with van der Waals surface area (Å²) >= 11 is 0. The van der Waals surface area contributed by atoms with Gasteiger partial charge < -0.3 is 56.1 Å². The zero-order valence-electron chi connectivity index (χ0n) is 27.0. The number of hydrogen-bond acceptors (Lipinski definition) is 12. The first-order valence-electron chi connectivity index (χ1n) is 15.4. The standard InChI is InChI=1S/C31H49N5O10/c1-16(2)23-20(28(36-35-23)46-29-26(41)25(40)24(39)22(14-38)45-29)12-18-7-8-19(11-17(18)3)44-10-6-9-33-15-31(4,5)30(43)34-21(13-37)27(32)42/h7-8,11,16,21-22,24-26,29,33,37-41H,6,9-10,12-15H2,1-5H3,(H2,32,42)(H,34,43)(H,35,36)/t21-,22+,24+,25-,26+,29-/m0/s1. The van der Waals surface area contributed by atoms with Crippen molar-refractivity contribution < 1.29 is 49.3 Å². The van der Waals surface area contributed by atoms with Gasteiger partial charge in [-0.2, -0.15) is 0 Å². The van der Waals surface area contributed by atoms with E-state index in [0.717, 1.165) is 22.4 Å². The second-order valence-corrected chi connectivity index (χ2v) is 12.5. The molecule has 258 valence electrons. The van der Waals surface area contributed by atoms with E-state index in [4.69, 9.17) is 19.9 Å². The molecule has 0 radical (unpaired) electrons. The maximum Gasteiger partial charge on any atom is 0.242 e. The molecule has 46 heavy (non-hydrogen) atoms. The Labute approximate surface area is 268 Å². The van der Waals surface area contributed by atoms with Gasteiger partial charge in [0.2, 0.25) is 24.0 Å². The summed E-state index contributed by atoms with van der Waals surface area (Å²) in [5, 5.41) is 62.4. The predicted molar refractivity (Wildman–Crippen MR) is 166 cm³/mol. The van der Waals surface area contributed by atoms with Crippen LogP contribution >= 0.6 is 0 Å². The zero-order chi connectivity index (χ0) is 34.2. The maximum absolute atomic E-state index is 12.5. The minimum absolute atomic E-state index is 0.0683. The van der Waals surface area contributed by atoms with Gasteiger partial charge >= 0.3 is 0 Å². The fourth-order valence-corrected chi connectivity index (χ4v) is 4.96. The van der Waals surface area contributed by atoms with E-state index >= 15 is 0 Å². The number of aromatic amines is 1. The monoisotopic (exact) mass is 651 g/mol. The average molecular weight is 652 g/mol. The number of nitrogens with zero attached hydrogens (tertiary/aromatic N) is 1. The molecule has 15 nitrogen and oxygen atoms in total. The highest BCUT2D eigenvalue weighted by molar-refractivity contribution is 5.89. The molecule has 1 aliphatic rings.